The Labute approximate surface area is 168 Å². The lowest BCUT2D eigenvalue weighted by atomic mass is 10.2. The Morgan fingerprint density at radius 1 is 1.36 bits per heavy atom. The van der Waals surface area contributed by atoms with Gasteiger partial charge in [0.25, 0.3) is 5.91 Å². The van der Waals surface area contributed by atoms with Crippen LogP contribution in [0.1, 0.15) is 23.2 Å². The second-order valence-corrected chi connectivity index (χ2v) is 6.46. The summed E-state index contributed by atoms with van der Waals surface area (Å²) in [7, 11) is 1.55. The third-order valence-electron chi connectivity index (χ3n) is 3.99. The van der Waals surface area contributed by atoms with Gasteiger partial charge in [0.15, 0.2) is 6.61 Å². The predicted molar refractivity (Wildman–Crippen MR) is 105 cm³/mol. The number of hydrogen-bond donors (Lipinski definition) is 0. The van der Waals surface area contributed by atoms with Gasteiger partial charge in [0.1, 0.15) is 5.15 Å². The van der Waals surface area contributed by atoms with E-state index in [4.69, 9.17) is 21.6 Å². The Kier molecular flexibility index (Phi) is 7.78. The lowest BCUT2D eigenvalue weighted by Crippen LogP contribution is -2.31. The van der Waals surface area contributed by atoms with Gasteiger partial charge in [-0.15, -0.1) is 0 Å². The zero-order chi connectivity index (χ0) is 20.5. The van der Waals surface area contributed by atoms with Crippen molar-refractivity contribution in [2.24, 2.45) is 0 Å². The molecule has 2 rings (SSSR count). The lowest BCUT2D eigenvalue weighted by Gasteiger charge is -2.14. The van der Waals surface area contributed by atoms with Crippen LogP contribution >= 0.6 is 11.6 Å². The molecule has 1 amide bonds. The largest absolute Gasteiger partial charge is 0.452 e. The molecule has 1 aromatic heterocycles. The summed E-state index contributed by atoms with van der Waals surface area (Å²) in [5.41, 5.74) is 2.35. The molecule has 2 aromatic rings. The number of ether oxygens (including phenoxy) is 1. The van der Waals surface area contributed by atoms with Crippen LogP contribution in [0.5, 0.6) is 0 Å². The number of halogens is 1. The number of esters is 1. The summed E-state index contributed by atoms with van der Waals surface area (Å²) in [5, 5.41) is 13.3. The first kappa shape index (κ1) is 21.2. The molecule has 0 aliphatic carbocycles. The van der Waals surface area contributed by atoms with Crippen LogP contribution in [-0.4, -0.2) is 46.8 Å². The monoisotopic (exact) mass is 400 g/mol. The van der Waals surface area contributed by atoms with E-state index in [9.17, 15) is 9.59 Å². The maximum absolute atomic E-state index is 11.9. The molecular weight excluding hydrogens is 380 g/mol. The molecule has 0 saturated carbocycles. The van der Waals surface area contributed by atoms with Crippen molar-refractivity contribution < 1.29 is 14.3 Å². The highest BCUT2D eigenvalue weighted by Crippen LogP contribution is 2.22. The first-order valence-electron chi connectivity index (χ1n) is 8.65. The summed E-state index contributed by atoms with van der Waals surface area (Å²) < 4.78 is 6.60. The summed E-state index contributed by atoms with van der Waals surface area (Å²) in [6, 6.07) is 11.7. The van der Waals surface area contributed by atoms with Crippen molar-refractivity contribution in [2.75, 3.05) is 20.2 Å². The minimum Gasteiger partial charge on any atom is -0.452 e. The molecule has 0 unspecified atom stereocenters. The highest BCUT2D eigenvalue weighted by atomic mass is 35.5. The van der Waals surface area contributed by atoms with E-state index in [0.717, 1.165) is 5.56 Å². The highest BCUT2D eigenvalue weighted by Gasteiger charge is 2.13. The van der Waals surface area contributed by atoms with E-state index in [1.807, 2.05) is 36.4 Å². The number of rotatable bonds is 8. The Morgan fingerprint density at radius 3 is 2.75 bits per heavy atom. The highest BCUT2D eigenvalue weighted by molar-refractivity contribution is 6.31. The molecular formula is C20H21ClN4O3. The zero-order valence-electron chi connectivity index (χ0n) is 15.8. The SMILES string of the molecule is Cc1nn(Cc2ccccc2)c(Cl)c1/C=C/C(=O)OCC(=O)N(C)CCC#N. The number of aryl methyl sites for hydroxylation is 1. The lowest BCUT2D eigenvalue weighted by molar-refractivity contribution is -0.147. The van der Waals surface area contributed by atoms with E-state index in [-0.39, 0.29) is 25.5 Å². The van der Waals surface area contributed by atoms with E-state index in [1.165, 1.54) is 17.1 Å². The Morgan fingerprint density at radius 2 is 2.07 bits per heavy atom. The van der Waals surface area contributed by atoms with Crippen LogP contribution in [0.25, 0.3) is 6.08 Å². The zero-order valence-corrected chi connectivity index (χ0v) is 16.5. The van der Waals surface area contributed by atoms with Crippen molar-refractivity contribution in [1.82, 2.24) is 14.7 Å². The van der Waals surface area contributed by atoms with E-state index < -0.39 is 5.97 Å². The molecule has 0 N–H and O–H groups in total. The van der Waals surface area contributed by atoms with Crippen LogP contribution in [0, 0.1) is 18.3 Å². The number of aromatic nitrogens is 2. The fourth-order valence-electron chi connectivity index (χ4n) is 2.40. The van der Waals surface area contributed by atoms with Crippen molar-refractivity contribution in [2.45, 2.75) is 19.9 Å². The summed E-state index contributed by atoms with van der Waals surface area (Å²) in [6.45, 7) is 2.22. The number of nitrogens with zero attached hydrogens (tertiary/aromatic N) is 4. The van der Waals surface area contributed by atoms with Crippen molar-refractivity contribution in [3.8, 4) is 6.07 Å². The van der Waals surface area contributed by atoms with E-state index in [2.05, 4.69) is 5.10 Å². The molecule has 7 nitrogen and oxygen atoms in total. The fraction of sp³-hybridized carbons (Fsp3) is 0.300. The average molecular weight is 401 g/mol. The van der Waals surface area contributed by atoms with E-state index in [1.54, 1.807) is 18.7 Å². The van der Waals surface area contributed by atoms with Gasteiger partial charge in [-0.05, 0) is 18.6 Å². The van der Waals surface area contributed by atoms with E-state index >= 15 is 0 Å². The van der Waals surface area contributed by atoms with Gasteiger partial charge in [-0.2, -0.15) is 10.4 Å². The normalized spacial score (nSPS) is 10.6. The number of hydrogen-bond acceptors (Lipinski definition) is 5. The van der Waals surface area contributed by atoms with Crippen molar-refractivity contribution in [1.29, 1.82) is 5.26 Å². The Hall–Kier alpha value is -3.11. The third-order valence-corrected chi connectivity index (χ3v) is 4.39. The molecule has 0 aliphatic rings. The fourth-order valence-corrected chi connectivity index (χ4v) is 2.70. The van der Waals surface area contributed by atoms with Gasteiger partial charge in [-0.3, -0.25) is 4.79 Å². The smallest absolute Gasteiger partial charge is 0.331 e. The van der Waals surface area contributed by atoms with Crippen LogP contribution < -0.4 is 0 Å². The molecule has 0 atom stereocenters. The summed E-state index contributed by atoms with van der Waals surface area (Å²) in [5.74, 6) is -1.03. The number of amides is 1. The number of nitriles is 1. The molecule has 1 aromatic carbocycles. The molecule has 0 aliphatic heterocycles. The molecule has 0 radical (unpaired) electrons. The first-order chi connectivity index (χ1) is 13.4. The summed E-state index contributed by atoms with van der Waals surface area (Å²) >= 11 is 6.39. The van der Waals surface area contributed by atoms with Crippen molar-refractivity contribution in [3.05, 3.63) is 58.4 Å². The molecule has 1 heterocycles. The topological polar surface area (TPSA) is 88.2 Å². The molecule has 0 fully saturated rings. The Balaban J connectivity index is 1.95. The second-order valence-electron chi connectivity index (χ2n) is 6.10. The van der Waals surface area contributed by atoms with Gasteiger partial charge in [0.2, 0.25) is 0 Å². The molecule has 0 bridgehead atoms. The number of likely N-dealkylation sites (N-methyl/N-ethyl adjacent to an activating group) is 1. The molecule has 0 spiro atoms. The van der Waals surface area contributed by atoms with Gasteiger partial charge in [0.05, 0.1) is 24.7 Å². The minimum atomic E-state index is -0.659. The molecule has 146 valence electrons. The van der Waals surface area contributed by atoms with Crippen LogP contribution in [0.15, 0.2) is 36.4 Å². The van der Waals surface area contributed by atoms with Gasteiger partial charge < -0.3 is 9.64 Å². The third kappa shape index (κ3) is 5.96. The van der Waals surface area contributed by atoms with Crippen LogP contribution in [-0.2, 0) is 20.9 Å². The maximum Gasteiger partial charge on any atom is 0.331 e. The minimum absolute atomic E-state index is 0.223. The van der Waals surface area contributed by atoms with Gasteiger partial charge >= 0.3 is 5.97 Å². The standard InChI is InChI=1S/C20H21ClN4O3/c1-15-17(20(21)25(23-15)13-16-7-4-3-5-8-16)9-10-19(27)28-14-18(26)24(2)12-6-11-22/h3-5,7-10H,6,12-14H2,1-2H3/b10-9+. The average Bonchev–Trinajstić information content (AvgIpc) is 2.96. The maximum atomic E-state index is 11.9. The van der Waals surface area contributed by atoms with Crippen molar-refractivity contribution >= 4 is 29.6 Å². The number of carbonyl (C=O) groups excluding carboxylic acids is 2. The summed E-state index contributed by atoms with van der Waals surface area (Å²) in [6.07, 6.45) is 2.96. The van der Waals surface area contributed by atoms with E-state index in [0.29, 0.717) is 23.0 Å². The molecule has 0 saturated heterocycles. The van der Waals surface area contributed by atoms with Gasteiger partial charge in [-0.25, -0.2) is 9.48 Å². The van der Waals surface area contributed by atoms with Crippen LogP contribution in [0.3, 0.4) is 0 Å². The Bertz CT molecular complexity index is 900. The van der Waals surface area contributed by atoms with Gasteiger partial charge in [-0.1, -0.05) is 41.9 Å². The first-order valence-corrected chi connectivity index (χ1v) is 9.02. The van der Waals surface area contributed by atoms with Crippen LogP contribution in [0.2, 0.25) is 5.15 Å². The predicted octanol–water partition coefficient (Wildman–Crippen LogP) is 2.82. The second kappa shape index (κ2) is 10.3. The molecule has 28 heavy (non-hydrogen) atoms. The summed E-state index contributed by atoms with van der Waals surface area (Å²) in [4.78, 5) is 25.0. The van der Waals surface area contributed by atoms with Crippen LogP contribution in [0.4, 0.5) is 0 Å². The number of carbonyl (C=O) groups is 2. The number of benzene rings is 1. The van der Waals surface area contributed by atoms with Gasteiger partial charge in [0, 0.05) is 25.2 Å². The van der Waals surface area contributed by atoms with Crippen molar-refractivity contribution in [3.63, 3.8) is 0 Å². The quantitative estimate of drug-likeness (QED) is 0.502. The molecule has 8 heteroatoms.